The van der Waals surface area contributed by atoms with Crippen LogP contribution in [0.5, 0.6) is 0 Å². The largest absolute Gasteiger partial charge is 0.380 e. The van der Waals surface area contributed by atoms with Crippen molar-refractivity contribution < 1.29 is 4.74 Å². The molecule has 0 aliphatic carbocycles. The van der Waals surface area contributed by atoms with E-state index < -0.39 is 0 Å². The predicted molar refractivity (Wildman–Crippen MR) is 82.1 cm³/mol. The Kier molecular flexibility index (Phi) is 4.77. The summed E-state index contributed by atoms with van der Waals surface area (Å²) in [5.74, 6) is 0.693. The Labute approximate surface area is 119 Å². The summed E-state index contributed by atoms with van der Waals surface area (Å²) in [4.78, 5) is 3.25. The van der Waals surface area contributed by atoms with E-state index in [1.165, 1.54) is 5.56 Å². The molecule has 2 rings (SSSR count). The normalized spacial score (nSPS) is 11.6. The lowest BCUT2D eigenvalue weighted by Crippen LogP contribution is -2.08. The molecular weight excluding hydrogens is 256 g/mol. The number of hydrogen-bond donors (Lipinski definition) is 1. The molecule has 0 spiro atoms. The van der Waals surface area contributed by atoms with Crippen LogP contribution in [0.1, 0.15) is 25.8 Å². The van der Waals surface area contributed by atoms with Gasteiger partial charge in [0.2, 0.25) is 0 Å². The fourth-order valence-electron chi connectivity index (χ4n) is 2.08. The Hall–Kier alpha value is -1.13. The molecule has 0 fully saturated rings. The monoisotopic (exact) mass is 278 g/mol. The van der Waals surface area contributed by atoms with E-state index >= 15 is 0 Å². The highest BCUT2D eigenvalue weighted by atomic mass is 32.1. The van der Waals surface area contributed by atoms with Gasteiger partial charge in [-0.3, -0.25) is 0 Å². The number of hydrogen-bond acceptors (Lipinski definition) is 2. The standard InChI is InChI=1S/C15H22N2OS/c1-11(2)6-8-18-9-7-17-14-5-4-12(3)10-13(14)16-15(17)19/h4-5,10-11H,6-9H2,1-3H3,(H,16,19). The van der Waals surface area contributed by atoms with Gasteiger partial charge in [0, 0.05) is 13.2 Å². The molecule has 19 heavy (non-hydrogen) atoms. The molecule has 1 heterocycles. The SMILES string of the molecule is Cc1ccc2c(c1)[nH]c(=S)n2CCOCCC(C)C. The first-order valence-corrected chi connectivity index (χ1v) is 7.25. The molecule has 1 N–H and O–H groups in total. The second-order valence-corrected chi connectivity index (χ2v) is 5.78. The number of H-pyrrole nitrogens is 1. The average Bonchev–Trinajstić information content (AvgIpc) is 2.64. The van der Waals surface area contributed by atoms with Crippen molar-refractivity contribution in [3.63, 3.8) is 0 Å². The zero-order valence-electron chi connectivity index (χ0n) is 11.9. The first kappa shape index (κ1) is 14.3. The fourth-order valence-corrected chi connectivity index (χ4v) is 2.38. The molecule has 0 unspecified atom stereocenters. The highest BCUT2D eigenvalue weighted by Crippen LogP contribution is 2.15. The molecule has 0 aliphatic rings. The van der Waals surface area contributed by atoms with E-state index in [-0.39, 0.29) is 0 Å². The van der Waals surface area contributed by atoms with E-state index in [2.05, 4.69) is 48.5 Å². The summed E-state index contributed by atoms with van der Waals surface area (Å²) in [6, 6.07) is 6.35. The minimum Gasteiger partial charge on any atom is -0.380 e. The average molecular weight is 278 g/mol. The Morgan fingerprint density at radius 1 is 1.32 bits per heavy atom. The Bertz CT molecular complexity index is 598. The van der Waals surface area contributed by atoms with Gasteiger partial charge in [-0.05, 0) is 49.2 Å². The third-order valence-electron chi connectivity index (χ3n) is 3.23. The summed E-state index contributed by atoms with van der Waals surface area (Å²) in [6.07, 6.45) is 1.11. The lowest BCUT2D eigenvalue weighted by atomic mass is 10.1. The molecule has 4 heteroatoms. The van der Waals surface area contributed by atoms with Gasteiger partial charge in [-0.25, -0.2) is 0 Å². The molecule has 0 radical (unpaired) electrons. The first-order chi connectivity index (χ1) is 9.08. The maximum atomic E-state index is 5.66. The fraction of sp³-hybridized carbons (Fsp3) is 0.533. The number of imidazole rings is 1. The van der Waals surface area contributed by atoms with E-state index in [1.807, 2.05) is 0 Å². The lowest BCUT2D eigenvalue weighted by Gasteiger charge is -2.08. The number of nitrogens with zero attached hydrogens (tertiary/aromatic N) is 1. The van der Waals surface area contributed by atoms with Gasteiger partial charge >= 0.3 is 0 Å². The highest BCUT2D eigenvalue weighted by molar-refractivity contribution is 7.71. The van der Waals surface area contributed by atoms with Gasteiger partial charge in [0.25, 0.3) is 0 Å². The van der Waals surface area contributed by atoms with Gasteiger partial charge in [0.05, 0.1) is 17.6 Å². The van der Waals surface area contributed by atoms with Crippen molar-refractivity contribution in [1.82, 2.24) is 9.55 Å². The number of nitrogens with one attached hydrogen (secondary N) is 1. The van der Waals surface area contributed by atoms with E-state index in [1.54, 1.807) is 0 Å². The summed E-state index contributed by atoms with van der Waals surface area (Å²) in [5, 5.41) is 0. The lowest BCUT2D eigenvalue weighted by molar-refractivity contribution is 0.116. The number of benzene rings is 1. The summed E-state index contributed by atoms with van der Waals surface area (Å²) >= 11 is 5.37. The van der Waals surface area contributed by atoms with Gasteiger partial charge in [-0.15, -0.1) is 0 Å². The minimum absolute atomic E-state index is 0.693. The topological polar surface area (TPSA) is 29.9 Å². The molecule has 2 aromatic rings. The maximum absolute atomic E-state index is 5.66. The van der Waals surface area contributed by atoms with Gasteiger partial charge in [-0.1, -0.05) is 19.9 Å². The van der Waals surface area contributed by atoms with E-state index in [4.69, 9.17) is 17.0 Å². The smallest absolute Gasteiger partial charge is 0.178 e. The molecule has 0 atom stereocenters. The molecule has 104 valence electrons. The van der Waals surface area contributed by atoms with Crippen LogP contribution >= 0.6 is 12.2 Å². The van der Waals surface area contributed by atoms with Crippen LogP contribution in [0.15, 0.2) is 18.2 Å². The summed E-state index contributed by atoms with van der Waals surface area (Å²) in [7, 11) is 0. The molecule has 0 saturated carbocycles. The van der Waals surface area contributed by atoms with Crippen LogP contribution in [0.3, 0.4) is 0 Å². The van der Waals surface area contributed by atoms with Crippen molar-refractivity contribution in [2.45, 2.75) is 33.7 Å². The van der Waals surface area contributed by atoms with Crippen molar-refractivity contribution in [2.75, 3.05) is 13.2 Å². The zero-order chi connectivity index (χ0) is 13.8. The molecule has 3 nitrogen and oxygen atoms in total. The van der Waals surface area contributed by atoms with Crippen molar-refractivity contribution in [3.8, 4) is 0 Å². The zero-order valence-corrected chi connectivity index (χ0v) is 12.7. The number of aromatic nitrogens is 2. The van der Waals surface area contributed by atoms with Crippen LogP contribution in [-0.4, -0.2) is 22.8 Å². The second-order valence-electron chi connectivity index (χ2n) is 5.40. The van der Waals surface area contributed by atoms with Gasteiger partial charge in [0.15, 0.2) is 4.77 Å². The highest BCUT2D eigenvalue weighted by Gasteiger charge is 2.04. The molecule has 0 aliphatic heterocycles. The van der Waals surface area contributed by atoms with Gasteiger partial charge < -0.3 is 14.3 Å². The molecule has 0 amide bonds. The molecule has 1 aromatic carbocycles. The Balaban J connectivity index is 2.00. The van der Waals surface area contributed by atoms with Crippen LogP contribution in [0.2, 0.25) is 0 Å². The van der Waals surface area contributed by atoms with Crippen LogP contribution in [0.4, 0.5) is 0 Å². The second kappa shape index (κ2) is 6.35. The number of rotatable bonds is 6. The van der Waals surface area contributed by atoms with Crippen LogP contribution in [0.25, 0.3) is 11.0 Å². The minimum atomic E-state index is 0.693. The van der Waals surface area contributed by atoms with Crippen LogP contribution in [0, 0.1) is 17.6 Å². The van der Waals surface area contributed by atoms with Gasteiger partial charge in [-0.2, -0.15) is 0 Å². The predicted octanol–water partition coefficient (Wildman–Crippen LogP) is 4.07. The molecule has 1 aromatic heterocycles. The molecule has 0 saturated heterocycles. The van der Waals surface area contributed by atoms with Crippen molar-refractivity contribution in [3.05, 3.63) is 28.5 Å². The number of aromatic amines is 1. The quantitative estimate of drug-likeness (QED) is 0.637. The Morgan fingerprint density at radius 3 is 2.84 bits per heavy atom. The summed E-state index contributed by atoms with van der Waals surface area (Å²) < 4.78 is 8.55. The van der Waals surface area contributed by atoms with Gasteiger partial charge in [0.1, 0.15) is 0 Å². The third-order valence-corrected chi connectivity index (χ3v) is 3.55. The number of fused-ring (bicyclic) bond motifs is 1. The van der Waals surface area contributed by atoms with E-state index in [0.717, 1.165) is 35.4 Å². The first-order valence-electron chi connectivity index (χ1n) is 6.85. The van der Waals surface area contributed by atoms with E-state index in [9.17, 15) is 0 Å². The van der Waals surface area contributed by atoms with Crippen molar-refractivity contribution >= 4 is 23.3 Å². The maximum Gasteiger partial charge on any atom is 0.178 e. The molecular formula is C15H22N2OS. The van der Waals surface area contributed by atoms with Crippen molar-refractivity contribution in [1.29, 1.82) is 0 Å². The number of ether oxygens (including phenoxy) is 1. The molecule has 0 bridgehead atoms. The Morgan fingerprint density at radius 2 is 2.11 bits per heavy atom. The van der Waals surface area contributed by atoms with Crippen LogP contribution in [-0.2, 0) is 11.3 Å². The van der Waals surface area contributed by atoms with Crippen LogP contribution < -0.4 is 0 Å². The van der Waals surface area contributed by atoms with E-state index in [0.29, 0.717) is 12.5 Å². The summed E-state index contributed by atoms with van der Waals surface area (Å²) in [5.41, 5.74) is 3.50. The summed E-state index contributed by atoms with van der Waals surface area (Å²) in [6.45, 7) is 8.85. The van der Waals surface area contributed by atoms with Crippen molar-refractivity contribution in [2.24, 2.45) is 5.92 Å². The number of aryl methyl sites for hydroxylation is 1. The third kappa shape index (κ3) is 3.67.